The number of hydrogen-bond donors (Lipinski definition) is 2. The van der Waals surface area contributed by atoms with Crippen LogP contribution in [0.15, 0.2) is 53.4 Å². The fourth-order valence-corrected chi connectivity index (χ4v) is 6.32. The van der Waals surface area contributed by atoms with Gasteiger partial charge in [-0.05, 0) is 70.2 Å². The fourth-order valence-electron chi connectivity index (χ4n) is 5.01. The van der Waals surface area contributed by atoms with Crippen LogP contribution in [0.2, 0.25) is 0 Å². The van der Waals surface area contributed by atoms with E-state index in [0.717, 1.165) is 77.3 Å². The lowest BCUT2D eigenvalue weighted by Crippen LogP contribution is -2.40. The van der Waals surface area contributed by atoms with E-state index in [1.54, 1.807) is 12.1 Å². The molecule has 0 aliphatic heterocycles. The Labute approximate surface area is 218 Å². The van der Waals surface area contributed by atoms with Crippen molar-refractivity contribution >= 4 is 26.9 Å². The molecule has 1 saturated carbocycles. The van der Waals surface area contributed by atoms with E-state index in [1.807, 2.05) is 42.8 Å². The van der Waals surface area contributed by atoms with Gasteiger partial charge in [0.1, 0.15) is 11.6 Å². The van der Waals surface area contributed by atoms with E-state index < -0.39 is 10.0 Å². The quantitative estimate of drug-likeness (QED) is 0.357. The Morgan fingerprint density at radius 1 is 0.919 bits per heavy atom. The molecule has 2 heterocycles. The maximum atomic E-state index is 12.8. The summed E-state index contributed by atoms with van der Waals surface area (Å²) in [5.74, 6) is 1.58. The highest BCUT2D eigenvalue weighted by atomic mass is 32.2. The molecular weight excluding hydrogens is 484 g/mol. The van der Waals surface area contributed by atoms with E-state index >= 15 is 0 Å². The number of para-hydroxylation sites is 1. The van der Waals surface area contributed by atoms with Crippen molar-refractivity contribution in [2.24, 2.45) is 0 Å². The van der Waals surface area contributed by atoms with Crippen LogP contribution in [0.4, 0.5) is 5.82 Å². The first kappa shape index (κ1) is 25.4. The molecule has 1 aliphatic carbocycles. The summed E-state index contributed by atoms with van der Waals surface area (Å²) in [5.41, 5.74) is 4.86. The summed E-state index contributed by atoms with van der Waals surface area (Å²) in [7, 11) is -3.53. The Bertz CT molecular complexity index is 1520. The van der Waals surface area contributed by atoms with Gasteiger partial charge in [0.05, 0.1) is 21.7 Å². The van der Waals surface area contributed by atoms with Gasteiger partial charge in [0, 0.05) is 18.5 Å². The van der Waals surface area contributed by atoms with E-state index in [2.05, 4.69) is 36.0 Å². The largest absolute Gasteiger partial charge is 0.367 e. The first-order valence-corrected chi connectivity index (χ1v) is 14.4. The highest BCUT2D eigenvalue weighted by Gasteiger charge is 2.27. The number of nitrogens with zero attached hydrogens (tertiary/aromatic N) is 4. The van der Waals surface area contributed by atoms with Crippen LogP contribution < -0.4 is 10.0 Å². The van der Waals surface area contributed by atoms with Crippen LogP contribution in [-0.2, 0) is 16.4 Å². The van der Waals surface area contributed by atoms with Crippen molar-refractivity contribution in [3.63, 3.8) is 0 Å². The lowest BCUT2D eigenvalue weighted by molar-refractivity contribution is 0.387. The molecule has 0 spiro atoms. The number of aromatic nitrogens is 4. The predicted molar refractivity (Wildman–Crippen MR) is 147 cm³/mol. The van der Waals surface area contributed by atoms with Gasteiger partial charge in [0.15, 0.2) is 5.65 Å². The van der Waals surface area contributed by atoms with Crippen molar-refractivity contribution in [3.05, 3.63) is 71.2 Å². The van der Waals surface area contributed by atoms with Gasteiger partial charge in [-0.3, -0.25) is 0 Å². The monoisotopic (exact) mass is 518 g/mol. The number of fused-ring (bicyclic) bond motifs is 1. The SMILES string of the molecule is CCc1nc(NC2CCC(NS(=O)(=O)c3ccc(C)cc3)CC2)c2c(C)nn(-c3ccccc3C)c2n1. The summed E-state index contributed by atoms with van der Waals surface area (Å²) < 4.78 is 30.5. The highest BCUT2D eigenvalue weighted by molar-refractivity contribution is 7.89. The maximum Gasteiger partial charge on any atom is 0.240 e. The fraction of sp³-hybridized carbons (Fsp3) is 0.393. The molecule has 0 amide bonds. The molecule has 2 N–H and O–H groups in total. The smallest absolute Gasteiger partial charge is 0.240 e. The van der Waals surface area contributed by atoms with Crippen molar-refractivity contribution in [1.82, 2.24) is 24.5 Å². The molecule has 0 atom stereocenters. The third-order valence-electron chi connectivity index (χ3n) is 7.13. The molecule has 0 bridgehead atoms. The van der Waals surface area contributed by atoms with E-state index in [4.69, 9.17) is 15.1 Å². The molecular formula is C28H34N6O2S. The molecule has 1 aliphatic rings. The Morgan fingerprint density at radius 3 is 2.27 bits per heavy atom. The van der Waals surface area contributed by atoms with E-state index in [0.29, 0.717) is 4.90 Å². The molecule has 0 radical (unpaired) electrons. The van der Waals surface area contributed by atoms with E-state index in [1.165, 1.54) is 0 Å². The average Bonchev–Trinajstić information content (AvgIpc) is 3.21. The van der Waals surface area contributed by atoms with Crippen LogP contribution in [0.1, 0.15) is 55.3 Å². The van der Waals surface area contributed by atoms with Crippen molar-refractivity contribution in [1.29, 1.82) is 0 Å². The van der Waals surface area contributed by atoms with Gasteiger partial charge in [-0.25, -0.2) is 27.8 Å². The molecule has 0 saturated heterocycles. The minimum Gasteiger partial charge on any atom is -0.367 e. The van der Waals surface area contributed by atoms with Crippen molar-refractivity contribution in [3.8, 4) is 5.69 Å². The molecule has 1 fully saturated rings. The first-order valence-electron chi connectivity index (χ1n) is 12.9. The molecule has 4 aromatic rings. The van der Waals surface area contributed by atoms with Crippen LogP contribution in [0, 0.1) is 20.8 Å². The molecule has 8 nitrogen and oxygen atoms in total. The van der Waals surface area contributed by atoms with Gasteiger partial charge < -0.3 is 5.32 Å². The summed E-state index contributed by atoms with van der Waals surface area (Å²) >= 11 is 0. The highest BCUT2D eigenvalue weighted by Crippen LogP contribution is 2.30. The number of hydrogen-bond acceptors (Lipinski definition) is 6. The summed E-state index contributed by atoms with van der Waals surface area (Å²) in [6, 6.07) is 15.3. The molecule has 9 heteroatoms. The zero-order chi connectivity index (χ0) is 26.2. The summed E-state index contributed by atoms with van der Waals surface area (Å²) in [6.07, 6.45) is 3.94. The minimum atomic E-state index is -3.53. The zero-order valence-corrected chi connectivity index (χ0v) is 22.6. The topological polar surface area (TPSA) is 102 Å². The summed E-state index contributed by atoms with van der Waals surface area (Å²) in [4.78, 5) is 10.0. The lowest BCUT2D eigenvalue weighted by atomic mass is 9.92. The Morgan fingerprint density at radius 2 is 1.59 bits per heavy atom. The first-order chi connectivity index (χ1) is 17.7. The van der Waals surface area contributed by atoms with Crippen molar-refractivity contribution in [2.45, 2.75) is 76.8 Å². The number of aryl methyl sites for hydroxylation is 4. The minimum absolute atomic E-state index is 0.0773. The lowest BCUT2D eigenvalue weighted by Gasteiger charge is -2.30. The van der Waals surface area contributed by atoms with Crippen LogP contribution in [0.25, 0.3) is 16.7 Å². The summed E-state index contributed by atoms with van der Waals surface area (Å²) in [6.45, 7) is 8.07. The third kappa shape index (κ3) is 5.24. The van der Waals surface area contributed by atoms with Gasteiger partial charge in [-0.2, -0.15) is 5.10 Å². The second-order valence-electron chi connectivity index (χ2n) is 9.95. The summed E-state index contributed by atoms with van der Waals surface area (Å²) in [5, 5.41) is 9.43. The molecule has 2 aromatic heterocycles. The number of rotatable bonds is 7. The predicted octanol–water partition coefficient (Wildman–Crippen LogP) is 5.00. The van der Waals surface area contributed by atoms with Crippen molar-refractivity contribution < 1.29 is 8.42 Å². The van der Waals surface area contributed by atoms with E-state index in [-0.39, 0.29) is 12.1 Å². The van der Waals surface area contributed by atoms with Gasteiger partial charge in [-0.15, -0.1) is 0 Å². The zero-order valence-electron chi connectivity index (χ0n) is 21.8. The Kier molecular flexibility index (Phi) is 7.00. The number of sulfonamides is 1. The van der Waals surface area contributed by atoms with Gasteiger partial charge in [-0.1, -0.05) is 42.8 Å². The number of anilines is 1. The molecule has 37 heavy (non-hydrogen) atoms. The number of nitrogens with one attached hydrogen (secondary N) is 2. The second-order valence-corrected chi connectivity index (χ2v) is 11.7. The normalized spacial score (nSPS) is 18.3. The third-order valence-corrected chi connectivity index (χ3v) is 8.67. The van der Waals surface area contributed by atoms with Crippen molar-refractivity contribution in [2.75, 3.05) is 5.32 Å². The Hall–Kier alpha value is -3.30. The standard InChI is InChI=1S/C28H34N6O2S/c1-5-25-30-27(26-20(4)32-34(28(26)31-25)24-9-7-6-8-19(24)3)29-21-12-14-22(15-13-21)33-37(35,36)23-16-10-18(2)11-17-23/h6-11,16-17,21-22,33H,5,12-15H2,1-4H3,(H,29,30,31). The van der Waals surface area contributed by atoms with Gasteiger partial charge in [0.2, 0.25) is 10.0 Å². The molecule has 5 rings (SSSR count). The van der Waals surface area contributed by atoms with Crippen LogP contribution in [-0.4, -0.2) is 40.2 Å². The average molecular weight is 519 g/mol. The van der Waals surface area contributed by atoms with Gasteiger partial charge >= 0.3 is 0 Å². The molecule has 0 unspecified atom stereocenters. The van der Waals surface area contributed by atoms with E-state index in [9.17, 15) is 8.42 Å². The Balaban J connectivity index is 1.34. The van der Waals surface area contributed by atoms with Crippen LogP contribution >= 0.6 is 0 Å². The van der Waals surface area contributed by atoms with Crippen LogP contribution in [0.3, 0.4) is 0 Å². The van der Waals surface area contributed by atoms with Gasteiger partial charge in [0.25, 0.3) is 0 Å². The molecule has 2 aromatic carbocycles. The number of benzene rings is 2. The van der Waals surface area contributed by atoms with Crippen LogP contribution in [0.5, 0.6) is 0 Å². The second kappa shape index (κ2) is 10.2. The maximum absolute atomic E-state index is 12.8. The molecule has 194 valence electrons.